The van der Waals surface area contributed by atoms with E-state index in [1.165, 1.54) is 16.5 Å². The third-order valence-electron chi connectivity index (χ3n) is 7.75. The minimum absolute atomic E-state index is 0.0367. The number of H-pyrrole nitrogens is 1. The minimum atomic E-state index is -0.729. The van der Waals surface area contributed by atoms with Crippen LogP contribution < -0.4 is 5.32 Å². The number of benzene rings is 2. The molecule has 0 amide bonds. The average Bonchev–Trinajstić information content (AvgIpc) is 3.29. The van der Waals surface area contributed by atoms with Crippen LogP contribution in [0.4, 0.5) is 0 Å². The van der Waals surface area contributed by atoms with Gasteiger partial charge in [0, 0.05) is 36.7 Å². The van der Waals surface area contributed by atoms with E-state index < -0.39 is 12.1 Å². The van der Waals surface area contributed by atoms with Crippen LogP contribution in [0.5, 0.6) is 0 Å². The lowest BCUT2D eigenvalue weighted by Crippen LogP contribution is -2.69. The van der Waals surface area contributed by atoms with Crippen LogP contribution >= 0.6 is 0 Å². The zero-order valence-corrected chi connectivity index (χ0v) is 19.5. The number of ether oxygens (including phenoxy) is 4. The summed E-state index contributed by atoms with van der Waals surface area (Å²) in [5.74, 6) is -0.537. The van der Waals surface area contributed by atoms with Crippen LogP contribution in [0, 0.1) is 11.8 Å². The molecule has 7 rings (SSSR count). The standard InChI is InChI=1S/C28H32N2O4/c1-18-23-14-21(29-13-12-20-16-30-24-11-7-6-10-22(20)24)15-28(31-2)25(23)27(33-26(18)34-28)32-17-19-8-4-3-5-9-19/h3-11,16,21,23,25-27,29-30H,1,12-15,17H2,2H3/t21?,23?,25?,26?,27-,28?/m1/s1. The Hall–Kier alpha value is -2.48. The molecule has 4 heterocycles. The van der Waals surface area contributed by atoms with Gasteiger partial charge in [-0.1, -0.05) is 55.1 Å². The molecule has 2 N–H and O–H groups in total. The molecule has 4 fully saturated rings. The number of para-hydroxylation sites is 1. The van der Waals surface area contributed by atoms with Gasteiger partial charge in [-0.25, -0.2) is 0 Å². The first-order valence-electron chi connectivity index (χ1n) is 12.2. The van der Waals surface area contributed by atoms with Crippen LogP contribution in [0.2, 0.25) is 0 Å². The molecule has 0 spiro atoms. The van der Waals surface area contributed by atoms with Gasteiger partial charge in [-0.05, 0) is 48.1 Å². The van der Waals surface area contributed by atoms with Crippen molar-refractivity contribution in [1.29, 1.82) is 0 Å². The molecule has 5 unspecified atom stereocenters. The fourth-order valence-electron chi connectivity index (χ4n) is 6.05. The van der Waals surface area contributed by atoms with E-state index in [1.807, 2.05) is 18.2 Å². The Balaban J connectivity index is 1.13. The molecule has 1 saturated carbocycles. The maximum atomic E-state index is 6.36. The van der Waals surface area contributed by atoms with Crippen LogP contribution in [0.3, 0.4) is 0 Å². The molecule has 3 saturated heterocycles. The highest BCUT2D eigenvalue weighted by atomic mass is 16.8. The number of hydrogen-bond donors (Lipinski definition) is 2. The fraction of sp³-hybridized carbons (Fsp3) is 0.429. The first-order chi connectivity index (χ1) is 16.7. The monoisotopic (exact) mass is 460 g/mol. The highest BCUT2D eigenvalue weighted by Crippen LogP contribution is 2.56. The van der Waals surface area contributed by atoms with Crippen molar-refractivity contribution in [3.63, 3.8) is 0 Å². The second kappa shape index (κ2) is 8.95. The predicted molar refractivity (Wildman–Crippen MR) is 130 cm³/mol. The summed E-state index contributed by atoms with van der Waals surface area (Å²) in [4.78, 5) is 3.37. The first kappa shape index (κ1) is 22.0. The number of hydrogen-bond acceptors (Lipinski definition) is 5. The van der Waals surface area contributed by atoms with E-state index in [0.29, 0.717) is 6.61 Å². The molecular formula is C28H32N2O4. The van der Waals surface area contributed by atoms with Gasteiger partial charge in [-0.2, -0.15) is 0 Å². The van der Waals surface area contributed by atoms with Crippen molar-refractivity contribution in [3.05, 3.63) is 84.1 Å². The van der Waals surface area contributed by atoms with E-state index in [-0.39, 0.29) is 24.2 Å². The van der Waals surface area contributed by atoms with Crippen LogP contribution in [0.15, 0.2) is 72.9 Å². The lowest BCUT2D eigenvalue weighted by atomic mass is 9.66. The van der Waals surface area contributed by atoms with Crippen molar-refractivity contribution < 1.29 is 18.9 Å². The topological polar surface area (TPSA) is 64.7 Å². The zero-order valence-electron chi connectivity index (χ0n) is 19.5. The smallest absolute Gasteiger partial charge is 0.186 e. The van der Waals surface area contributed by atoms with E-state index >= 15 is 0 Å². The molecule has 4 bridgehead atoms. The fourth-order valence-corrected chi connectivity index (χ4v) is 6.05. The summed E-state index contributed by atoms with van der Waals surface area (Å²) in [6, 6.07) is 18.9. The largest absolute Gasteiger partial charge is 0.361 e. The number of aromatic amines is 1. The maximum Gasteiger partial charge on any atom is 0.186 e. The SMILES string of the molecule is C=C1C2O[C@@H](OCc3ccccc3)C3C1CC(NCCc1c[nH]c4ccccc14)CC3(OC)O2. The Kier molecular flexibility index (Phi) is 5.79. The van der Waals surface area contributed by atoms with Crippen LogP contribution in [-0.4, -0.2) is 43.0 Å². The van der Waals surface area contributed by atoms with E-state index in [1.54, 1.807) is 7.11 Å². The van der Waals surface area contributed by atoms with Crippen molar-refractivity contribution in [3.8, 4) is 0 Å². The minimum Gasteiger partial charge on any atom is -0.361 e. The summed E-state index contributed by atoms with van der Waals surface area (Å²) in [7, 11) is 1.74. The number of fused-ring (bicyclic) bond motifs is 2. The summed E-state index contributed by atoms with van der Waals surface area (Å²) in [5.41, 5.74) is 4.65. The molecular weight excluding hydrogens is 428 g/mol. The molecule has 4 aliphatic rings. The third-order valence-corrected chi connectivity index (χ3v) is 7.75. The van der Waals surface area contributed by atoms with Crippen molar-refractivity contribution in [2.45, 2.75) is 50.3 Å². The Morgan fingerprint density at radius 2 is 1.97 bits per heavy atom. The van der Waals surface area contributed by atoms with Crippen molar-refractivity contribution in [1.82, 2.24) is 10.3 Å². The normalized spacial score (nSPS) is 32.4. The van der Waals surface area contributed by atoms with Crippen LogP contribution in [0.1, 0.15) is 24.0 Å². The molecule has 3 aromatic rings. The molecule has 6 nitrogen and oxygen atoms in total. The van der Waals surface area contributed by atoms with Gasteiger partial charge >= 0.3 is 0 Å². The van der Waals surface area contributed by atoms with E-state index in [0.717, 1.165) is 36.9 Å². The summed E-state index contributed by atoms with van der Waals surface area (Å²) in [6.45, 7) is 5.73. The second-order valence-electron chi connectivity index (χ2n) is 9.67. The molecule has 178 valence electrons. The van der Waals surface area contributed by atoms with E-state index in [2.05, 4.69) is 59.5 Å². The summed E-state index contributed by atoms with van der Waals surface area (Å²) in [6.07, 6.45) is 3.97. The van der Waals surface area contributed by atoms with Crippen molar-refractivity contribution in [2.75, 3.05) is 13.7 Å². The van der Waals surface area contributed by atoms with Gasteiger partial charge in [0.1, 0.15) is 0 Å². The number of aromatic nitrogens is 1. The van der Waals surface area contributed by atoms with Gasteiger partial charge in [-0.15, -0.1) is 0 Å². The molecule has 34 heavy (non-hydrogen) atoms. The third kappa shape index (κ3) is 3.80. The van der Waals surface area contributed by atoms with Gasteiger partial charge in [0.25, 0.3) is 0 Å². The molecule has 2 aromatic carbocycles. The van der Waals surface area contributed by atoms with Gasteiger partial charge in [0.15, 0.2) is 18.4 Å². The first-order valence-corrected chi connectivity index (χ1v) is 12.2. The Morgan fingerprint density at radius 1 is 1.15 bits per heavy atom. The summed E-state index contributed by atoms with van der Waals surface area (Å²) >= 11 is 0. The predicted octanol–water partition coefficient (Wildman–Crippen LogP) is 4.52. The molecule has 6 heteroatoms. The van der Waals surface area contributed by atoms with Crippen LogP contribution in [-0.2, 0) is 32.0 Å². The van der Waals surface area contributed by atoms with Crippen LogP contribution in [0.25, 0.3) is 10.9 Å². The highest BCUT2D eigenvalue weighted by molar-refractivity contribution is 5.83. The molecule has 3 aliphatic heterocycles. The lowest BCUT2D eigenvalue weighted by molar-refractivity contribution is -0.448. The number of methoxy groups -OCH3 is 1. The summed E-state index contributed by atoms with van der Waals surface area (Å²) < 4.78 is 24.9. The molecule has 1 aliphatic carbocycles. The summed E-state index contributed by atoms with van der Waals surface area (Å²) in [5, 5.41) is 5.06. The number of rotatable bonds is 8. The van der Waals surface area contributed by atoms with E-state index in [9.17, 15) is 0 Å². The highest BCUT2D eigenvalue weighted by Gasteiger charge is 2.64. The number of nitrogens with one attached hydrogen (secondary N) is 2. The molecule has 0 radical (unpaired) electrons. The van der Waals surface area contributed by atoms with Gasteiger partial charge in [-0.3, -0.25) is 0 Å². The van der Waals surface area contributed by atoms with Gasteiger partial charge < -0.3 is 29.2 Å². The molecule has 6 atom stereocenters. The van der Waals surface area contributed by atoms with Crippen molar-refractivity contribution >= 4 is 10.9 Å². The molecule has 1 aromatic heterocycles. The van der Waals surface area contributed by atoms with E-state index in [4.69, 9.17) is 18.9 Å². The average molecular weight is 461 g/mol. The van der Waals surface area contributed by atoms with Gasteiger partial charge in [0.2, 0.25) is 0 Å². The maximum absolute atomic E-state index is 6.36. The second-order valence-corrected chi connectivity index (χ2v) is 9.67. The quantitative estimate of drug-likeness (QED) is 0.484. The lowest BCUT2D eigenvalue weighted by Gasteiger charge is -2.61. The van der Waals surface area contributed by atoms with Gasteiger partial charge in [0.05, 0.1) is 12.5 Å². The van der Waals surface area contributed by atoms with Crippen molar-refractivity contribution in [2.24, 2.45) is 11.8 Å². The Morgan fingerprint density at radius 3 is 2.82 bits per heavy atom. The Bertz CT molecular complexity index is 1160. The Labute approximate surface area is 200 Å². The zero-order chi connectivity index (χ0) is 23.1.